The lowest BCUT2D eigenvalue weighted by atomic mass is 10.0. The second-order valence-corrected chi connectivity index (χ2v) is 7.07. The number of H-pyrrole nitrogens is 2. The van der Waals surface area contributed by atoms with Gasteiger partial charge in [-0.3, -0.25) is 14.7 Å². The van der Waals surface area contributed by atoms with E-state index in [0.717, 1.165) is 22.3 Å². The molecule has 0 spiro atoms. The zero-order valence-electron chi connectivity index (χ0n) is 16.2. The fourth-order valence-corrected chi connectivity index (χ4v) is 3.58. The molecule has 0 radical (unpaired) electrons. The molecule has 0 aliphatic rings. The predicted octanol–water partition coefficient (Wildman–Crippen LogP) is 2.98. The monoisotopic (exact) mass is 387 g/mol. The van der Waals surface area contributed by atoms with Gasteiger partial charge in [0, 0.05) is 17.3 Å². The summed E-state index contributed by atoms with van der Waals surface area (Å²) in [5.74, 6) is -0.420. The maximum Gasteiger partial charge on any atom is 0.261 e. The number of nitrogens with one attached hydrogen (secondary N) is 3. The SMILES string of the molecule is Cc1cc(C)c(C(=O)N[C@@H](Cc2ccccc2)c2[nH]nc3ncccc23)c(=O)[nH]1. The number of pyridine rings is 2. The summed E-state index contributed by atoms with van der Waals surface area (Å²) >= 11 is 0. The van der Waals surface area contributed by atoms with Crippen LogP contribution in [0.5, 0.6) is 0 Å². The van der Waals surface area contributed by atoms with E-state index in [0.29, 0.717) is 17.6 Å². The molecule has 3 heterocycles. The topological polar surface area (TPSA) is 104 Å². The van der Waals surface area contributed by atoms with Gasteiger partial charge in [-0.05, 0) is 49.6 Å². The number of rotatable bonds is 5. The van der Waals surface area contributed by atoms with E-state index in [1.807, 2.05) is 42.5 Å². The molecular weight excluding hydrogens is 366 g/mol. The third kappa shape index (κ3) is 3.80. The summed E-state index contributed by atoms with van der Waals surface area (Å²) in [5.41, 5.74) is 3.48. The van der Waals surface area contributed by atoms with E-state index in [2.05, 4.69) is 25.5 Å². The summed E-state index contributed by atoms with van der Waals surface area (Å²) < 4.78 is 0. The Balaban J connectivity index is 1.73. The first-order valence-electron chi connectivity index (χ1n) is 9.37. The molecule has 0 unspecified atom stereocenters. The van der Waals surface area contributed by atoms with Crippen LogP contribution in [0.25, 0.3) is 11.0 Å². The van der Waals surface area contributed by atoms with Crippen LogP contribution in [0.1, 0.15) is 38.9 Å². The molecule has 1 amide bonds. The van der Waals surface area contributed by atoms with Gasteiger partial charge < -0.3 is 10.3 Å². The summed E-state index contributed by atoms with van der Waals surface area (Å²) in [4.78, 5) is 32.4. The van der Waals surface area contributed by atoms with E-state index >= 15 is 0 Å². The summed E-state index contributed by atoms with van der Waals surface area (Å²) in [6, 6.07) is 15.0. The van der Waals surface area contributed by atoms with Crippen LogP contribution in [0.3, 0.4) is 0 Å². The molecule has 7 heteroatoms. The molecule has 0 saturated carbocycles. The van der Waals surface area contributed by atoms with Gasteiger partial charge in [0.2, 0.25) is 0 Å². The number of carbonyl (C=O) groups excluding carboxylic acids is 1. The average molecular weight is 387 g/mol. The zero-order chi connectivity index (χ0) is 20.4. The van der Waals surface area contributed by atoms with Gasteiger partial charge in [-0.1, -0.05) is 30.3 Å². The molecule has 7 nitrogen and oxygen atoms in total. The minimum absolute atomic E-state index is 0.121. The van der Waals surface area contributed by atoms with E-state index in [4.69, 9.17) is 0 Å². The van der Waals surface area contributed by atoms with Crippen LogP contribution in [-0.4, -0.2) is 26.1 Å². The Kier molecular flexibility index (Phi) is 4.95. The number of aromatic nitrogens is 4. The van der Waals surface area contributed by atoms with Crippen molar-refractivity contribution < 1.29 is 4.79 Å². The Morgan fingerprint density at radius 3 is 2.69 bits per heavy atom. The number of nitrogens with zero attached hydrogens (tertiary/aromatic N) is 2. The van der Waals surface area contributed by atoms with Crippen LogP contribution < -0.4 is 10.9 Å². The lowest BCUT2D eigenvalue weighted by Crippen LogP contribution is -2.35. The maximum atomic E-state index is 13.0. The minimum atomic E-state index is -0.420. The number of aromatic amines is 2. The highest BCUT2D eigenvalue weighted by Crippen LogP contribution is 2.24. The van der Waals surface area contributed by atoms with Crippen LogP contribution in [-0.2, 0) is 6.42 Å². The quantitative estimate of drug-likeness (QED) is 0.490. The van der Waals surface area contributed by atoms with E-state index < -0.39 is 17.5 Å². The number of aryl methyl sites for hydroxylation is 2. The number of carbonyl (C=O) groups is 1. The van der Waals surface area contributed by atoms with E-state index in [1.54, 1.807) is 26.1 Å². The van der Waals surface area contributed by atoms with Crippen LogP contribution in [0.15, 0.2) is 59.5 Å². The molecule has 4 rings (SSSR count). The molecule has 0 bridgehead atoms. The molecule has 4 aromatic rings. The van der Waals surface area contributed by atoms with Gasteiger partial charge in [-0.2, -0.15) is 5.10 Å². The van der Waals surface area contributed by atoms with Gasteiger partial charge in [0.25, 0.3) is 11.5 Å². The first-order valence-corrected chi connectivity index (χ1v) is 9.37. The largest absolute Gasteiger partial charge is 0.343 e. The van der Waals surface area contributed by atoms with Crippen molar-refractivity contribution in [1.29, 1.82) is 0 Å². The zero-order valence-corrected chi connectivity index (χ0v) is 16.2. The Bertz CT molecular complexity index is 1230. The molecular formula is C22H21N5O2. The highest BCUT2D eigenvalue weighted by molar-refractivity contribution is 5.95. The average Bonchev–Trinajstić information content (AvgIpc) is 3.11. The predicted molar refractivity (Wildman–Crippen MR) is 111 cm³/mol. The summed E-state index contributed by atoms with van der Waals surface area (Å²) in [5, 5.41) is 11.1. The third-order valence-corrected chi connectivity index (χ3v) is 4.89. The smallest absolute Gasteiger partial charge is 0.261 e. The summed E-state index contributed by atoms with van der Waals surface area (Å²) in [6.07, 6.45) is 2.22. The highest BCUT2D eigenvalue weighted by atomic mass is 16.2. The first kappa shape index (κ1) is 18.6. The number of amides is 1. The molecule has 1 atom stereocenters. The normalized spacial score (nSPS) is 12.1. The molecule has 3 aromatic heterocycles. The van der Waals surface area contributed by atoms with Crippen LogP contribution in [0.4, 0.5) is 0 Å². The second kappa shape index (κ2) is 7.71. The summed E-state index contributed by atoms with van der Waals surface area (Å²) in [7, 11) is 0. The van der Waals surface area contributed by atoms with Crippen molar-refractivity contribution in [2.45, 2.75) is 26.3 Å². The third-order valence-electron chi connectivity index (χ3n) is 4.89. The maximum absolute atomic E-state index is 13.0. The Morgan fingerprint density at radius 1 is 1.14 bits per heavy atom. The van der Waals surface area contributed by atoms with Gasteiger partial charge in [0.1, 0.15) is 5.56 Å². The Morgan fingerprint density at radius 2 is 1.93 bits per heavy atom. The highest BCUT2D eigenvalue weighted by Gasteiger charge is 2.23. The fraction of sp³-hybridized carbons (Fsp3) is 0.182. The van der Waals surface area contributed by atoms with Gasteiger partial charge in [-0.25, -0.2) is 4.98 Å². The number of hydrogen-bond donors (Lipinski definition) is 3. The van der Waals surface area contributed by atoms with E-state index in [9.17, 15) is 9.59 Å². The van der Waals surface area contributed by atoms with Crippen LogP contribution in [0, 0.1) is 13.8 Å². The van der Waals surface area contributed by atoms with E-state index in [-0.39, 0.29) is 5.56 Å². The molecule has 3 N–H and O–H groups in total. The lowest BCUT2D eigenvalue weighted by Gasteiger charge is -2.19. The molecule has 29 heavy (non-hydrogen) atoms. The number of fused-ring (bicyclic) bond motifs is 1. The van der Waals surface area contributed by atoms with Crippen LogP contribution in [0.2, 0.25) is 0 Å². The molecule has 0 fully saturated rings. The standard InChI is InChI=1S/C22H21N5O2/c1-13-11-14(2)24-21(28)18(13)22(29)25-17(12-15-7-4-3-5-8-15)19-16-9-6-10-23-20(16)27-26-19/h3-11,17H,12H2,1-2H3,(H,24,28)(H,25,29)(H,23,26,27)/t17-/m0/s1. The van der Waals surface area contributed by atoms with Crippen molar-refractivity contribution in [3.05, 3.63) is 93.2 Å². The molecule has 0 saturated heterocycles. The van der Waals surface area contributed by atoms with Crippen molar-refractivity contribution in [3.63, 3.8) is 0 Å². The fourth-order valence-electron chi connectivity index (χ4n) is 3.58. The van der Waals surface area contributed by atoms with Crippen molar-refractivity contribution in [3.8, 4) is 0 Å². The molecule has 1 aromatic carbocycles. The second-order valence-electron chi connectivity index (χ2n) is 7.07. The van der Waals surface area contributed by atoms with Gasteiger partial charge in [0.05, 0.1) is 11.7 Å². The molecule has 146 valence electrons. The summed E-state index contributed by atoms with van der Waals surface area (Å²) in [6.45, 7) is 3.55. The van der Waals surface area contributed by atoms with Gasteiger partial charge >= 0.3 is 0 Å². The lowest BCUT2D eigenvalue weighted by molar-refractivity contribution is 0.0933. The minimum Gasteiger partial charge on any atom is -0.343 e. The van der Waals surface area contributed by atoms with E-state index in [1.165, 1.54) is 0 Å². The Hall–Kier alpha value is -3.74. The van der Waals surface area contributed by atoms with Crippen molar-refractivity contribution in [1.82, 2.24) is 25.5 Å². The van der Waals surface area contributed by atoms with Gasteiger partial charge in [-0.15, -0.1) is 0 Å². The number of benzene rings is 1. The molecule has 0 aliphatic carbocycles. The first-order chi connectivity index (χ1) is 14.0. The Labute approximate surface area is 167 Å². The van der Waals surface area contributed by atoms with Crippen molar-refractivity contribution in [2.75, 3.05) is 0 Å². The number of hydrogen-bond acceptors (Lipinski definition) is 4. The van der Waals surface area contributed by atoms with Crippen LogP contribution >= 0.6 is 0 Å². The van der Waals surface area contributed by atoms with Gasteiger partial charge in [0.15, 0.2) is 5.65 Å². The molecule has 0 aliphatic heterocycles. The van der Waals surface area contributed by atoms with Crippen molar-refractivity contribution >= 4 is 16.9 Å². The van der Waals surface area contributed by atoms with Crippen molar-refractivity contribution in [2.24, 2.45) is 0 Å².